The number of hydrogen-bond acceptors (Lipinski definition) is 5. The van der Waals surface area contributed by atoms with E-state index in [0.717, 1.165) is 5.69 Å². The van der Waals surface area contributed by atoms with Crippen molar-refractivity contribution in [2.75, 3.05) is 5.73 Å². The molecule has 0 amide bonds. The lowest BCUT2D eigenvalue weighted by atomic mass is 10.1. The summed E-state index contributed by atoms with van der Waals surface area (Å²) < 4.78 is 11.2. The number of nitrogens with two attached hydrogens (primary N) is 1. The zero-order valence-electron chi connectivity index (χ0n) is 9.58. The van der Waals surface area contributed by atoms with Gasteiger partial charge in [0.05, 0.1) is 0 Å². The lowest BCUT2D eigenvalue weighted by Gasteiger charge is -2.11. The predicted molar refractivity (Wildman–Crippen MR) is 70.6 cm³/mol. The van der Waals surface area contributed by atoms with Gasteiger partial charge in [-0.1, -0.05) is 30.3 Å². The van der Waals surface area contributed by atoms with Crippen molar-refractivity contribution in [1.82, 2.24) is 4.98 Å². The first-order valence-corrected chi connectivity index (χ1v) is 6.47. The van der Waals surface area contributed by atoms with Gasteiger partial charge in [-0.25, -0.2) is 4.98 Å². The van der Waals surface area contributed by atoms with Crippen LogP contribution in [-0.2, 0) is 15.9 Å². The van der Waals surface area contributed by atoms with E-state index in [1.165, 1.54) is 16.9 Å². The van der Waals surface area contributed by atoms with Gasteiger partial charge in [0, 0.05) is 11.8 Å². The Hall–Kier alpha value is -2.01. The maximum Gasteiger partial charge on any atom is 0.244 e. The SMILES string of the molecule is Nc1nc(C2=COC(Cc3ccccc3)O2)cs1. The Morgan fingerprint density at radius 2 is 2.11 bits per heavy atom. The fourth-order valence-electron chi connectivity index (χ4n) is 1.75. The number of ether oxygens (including phenoxy) is 2. The zero-order chi connectivity index (χ0) is 12.4. The van der Waals surface area contributed by atoms with Crippen LogP contribution in [0.5, 0.6) is 0 Å². The molecule has 1 aliphatic rings. The molecule has 1 aromatic carbocycles. The molecule has 18 heavy (non-hydrogen) atoms. The Bertz CT molecular complexity index is 565. The van der Waals surface area contributed by atoms with Crippen molar-refractivity contribution >= 4 is 22.2 Å². The molecule has 0 bridgehead atoms. The summed E-state index contributed by atoms with van der Waals surface area (Å²) in [4.78, 5) is 4.16. The van der Waals surface area contributed by atoms with E-state index in [1.807, 2.05) is 35.7 Å². The standard InChI is InChI=1S/C13H12N2O2S/c14-13-15-10(8-18-13)11-7-16-12(17-11)6-9-4-2-1-3-5-9/h1-5,7-8,12H,6H2,(H2,14,15). The van der Waals surface area contributed by atoms with Gasteiger partial charge >= 0.3 is 0 Å². The first kappa shape index (κ1) is 11.1. The van der Waals surface area contributed by atoms with Crippen LogP contribution in [0.3, 0.4) is 0 Å². The van der Waals surface area contributed by atoms with Crippen LogP contribution in [0.2, 0.25) is 0 Å². The van der Waals surface area contributed by atoms with Gasteiger partial charge in [0.2, 0.25) is 6.29 Å². The molecule has 2 aromatic rings. The molecule has 3 rings (SSSR count). The zero-order valence-corrected chi connectivity index (χ0v) is 10.4. The van der Waals surface area contributed by atoms with Gasteiger partial charge in [-0.15, -0.1) is 11.3 Å². The smallest absolute Gasteiger partial charge is 0.244 e. The Morgan fingerprint density at radius 1 is 1.28 bits per heavy atom. The van der Waals surface area contributed by atoms with Gasteiger partial charge < -0.3 is 15.2 Å². The van der Waals surface area contributed by atoms with Gasteiger partial charge in [0.15, 0.2) is 10.9 Å². The van der Waals surface area contributed by atoms with Gasteiger partial charge in [0.25, 0.3) is 0 Å². The predicted octanol–water partition coefficient (Wildman–Crippen LogP) is 2.64. The molecule has 1 atom stereocenters. The Kier molecular flexibility index (Phi) is 2.90. The van der Waals surface area contributed by atoms with Crippen molar-refractivity contribution in [3.05, 3.63) is 53.2 Å². The molecule has 5 heteroatoms. The van der Waals surface area contributed by atoms with E-state index in [-0.39, 0.29) is 6.29 Å². The van der Waals surface area contributed by atoms with Crippen LogP contribution in [-0.4, -0.2) is 11.3 Å². The number of anilines is 1. The van der Waals surface area contributed by atoms with Crippen molar-refractivity contribution in [2.24, 2.45) is 0 Å². The molecule has 1 aliphatic heterocycles. The van der Waals surface area contributed by atoms with Gasteiger partial charge in [0.1, 0.15) is 12.0 Å². The van der Waals surface area contributed by atoms with Crippen LogP contribution in [0.4, 0.5) is 5.13 Å². The number of hydrogen-bond donors (Lipinski definition) is 1. The number of thiazole rings is 1. The van der Waals surface area contributed by atoms with Gasteiger partial charge in [-0.2, -0.15) is 0 Å². The summed E-state index contributed by atoms with van der Waals surface area (Å²) in [6.07, 6.45) is 2.02. The normalized spacial score (nSPS) is 18.0. The molecular weight excluding hydrogens is 248 g/mol. The molecule has 4 nitrogen and oxygen atoms in total. The van der Waals surface area contributed by atoms with E-state index in [2.05, 4.69) is 4.98 Å². The van der Waals surface area contributed by atoms with Crippen molar-refractivity contribution in [3.8, 4) is 0 Å². The van der Waals surface area contributed by atoms with Gasteiger partial charge in [-0.05, 0) is 5.56 Å². The van der Waals surface area contributed by atoms with Gasteiger partial charge in [-0.3, -0.25) is 0 Å². The number of nitrogens with zero attached hydrogens (tertiary/aromatic N) is 1. The minimum absolute atomic E-state index is 0.287. The molecule has 2 heterocycles. The minimum Gasteiger partial charge on any atom is -0.458 e. The highest BCUT2D eigenvalue weighted by atomic mass is 32.1. The summed E-state index contributed by atoms with van der Waals surface area (Å²) in [6.45, 7) is 0. The monoisotopic (exact) mass is 260 g/mol. The van der Waals surface area contributed by atoms with E-state index in [0.29, 0.717) is 17.3 Å². The molecule has 0 saturated heterocycles. The first-order valence-electron chi connectivity index (χ1n) is 5.59. The summed E-state index contributed by atoms with van der Waals surface area (Å²) in [5.41, 5.74) is 7.49. The van der Waals surface area contributed by atoms with Crippen LogP contribution in [0.15, 0.2) is 42.0 Å². The third-order valence-corrected chi connectivity index (χ3v) is 3.28. The molecule has 1 aromatic heterocycles. The molecule has 92 valence electrons. The quantitative estimate of drug-likeness (QED) is 0.921. The van der Waals surface area contributed by atoms with E-state index in [9.17, 15) is 0 Å². The summed E-state index contributed by atoms with van der Waals surface area (Å²) in [7, 11) is 0. The number of aromatic nitrogens is 1. The molecule has 0 aliphatic carbocycles. The van der Waals surface area contributed by atoms with E-state index in [1.54, 1.807) is 6.26 Å². The van der Waals surface area contributed by atoms with E-state index in [4.69, 9.17) is 15.2 Å². The second-order valence-electron chi connectivity index (χ2n) is 3.93. The third kappa shape index (κ3) is 2.31. The largest absolute Gasteiger partial charge is 0.458 e. The fraction of sp³-hybridized carbons (Fsp3) is 0.154. The minimum atomic E-state index is -0.287. The van der Waals surface area contributed by atoms with E-state index < -0.39 is 0 Å². The highest BCUT2D eigenvalue weighted by molar-refractivity contribution is 7.13. The van der Waals surface area contributed by atoms with Crippen LogP contribution < -0.4 is 5.73 Å². The molecule has 0 saturated carbocycles. The number of benzene rings is 1. The average Bonchev–Trinajstić information content (AvgIpc) is 2.99. The second kappa shape index (κ2) is 4.70. The molecular formula is C13H12N2O2S. The molecule has 0 fully saturated rings. The van der Waals surface area contributed by atoms with Crippen molar-refractivity contribution < 1.29 is 9.47 Å². The highest BCUT2D eigenvalue weighted by Gasteiger charge is 2.22. The van der Waals surface area contributed by atoms with Crippen molar-refractivity contribution in [2.45, 2.75) is 12.7 Å². The van der Waals surface area contributed by atoms with E-state index >= 15 is 0 Å². The van der Waals surface area contributed by atoms with Crippen LogP contribution >= 0.6 is 11.3 Å². The van der Waals surface area contributed by atoms with Crippen molar-refractivity contribution in [1.29, 1.82) is 0 Å². The lowest BCUT2D eigenvalue weighted by Crippen LogP contribution is -2.11. The van der Waals surface area contributed by atoms with Crippen LogP contribution in [0.25, 0.3) is 5.76 Å². The lowest BCUT2D eigenvalue weighted by molar-refractivity contribution is -0.0137. The average molecular weight is 260 g/mol. The fourth-order valence-corrected chi connectivity index (χ4v) is 2.30. The van der Waals surface area contributed by atoms with Crippen molar-refractivity contribution in [3.63, 3.8) is 0 Å². The first-order chi connectivity index (χ1) is 8.81. The summed E-state index contributed by atoms with van der Waals surface area (Å²) in [6, 6.07) is 10.1. The third-order valence-electron chi connectivity index (χ3n) is 2.60. The Morgan fingerprint density at radius 3 is 2.83 bits per heavy atom. The van der Waals surface area contributed by atoms with Crippen LogP contribution in [0.1, 0.15) is 11.3 Å². The van der Waals surface area contributed by atoms with Crippen LogP contribution in [0, 0.1) is 0 Å². The summed E-state index contributed by atoms with van der Waals surface area (Å²) >= 11 is 1.39. The number of rotatable bonds is 3. The maximum atomic E-state index is 5.69. The Balaban J connectivity index is 1.64. The number of nitrogen functional groups attached to an aromatic ring is 1. The summed E-state index contributed by atoms with van der Waals surface area (Å²) in [5.74, 6) is 0.642. The second-order valence-corrected chi connectivity index (χ2v) is 4.82. The molecule has 0 spiro atoms. The topological polar surface area (TPSA) is 57.4 Å². The molecule has 2 N–H and O–H groups in total. The Labute approximate surface area is 109 Å². The maximum absolute atomic E-state index is 5.69. The summed E-state index contributed by atoms with van der Waals surface area (Å²) in [5, 5.41) is 2.39. The molecule has 0 radical (unpaired) electrons. The highest BCUT2D eigenvalue weighted by Crippen LogP contribution is 2.27. The molecule has 1 unspecified atom stereocenters.